The summed E-state index contributed by atoms with van der Waals surface area (Å²) < 4.78 is 11.1. The summed E-state index contributed by atoms with van der Waals surface area (Å²) in [5.74, 6) is 2.35. The zero-order chi connectivity index (χ0) is 13.0. The van der Waals surface area contributed by atoms with Crippen molar-refractivity contribution in [2.24, 2.45) is 5.73 Å². The van der Waals surface area contributed by atoms with Gasteiger partial charge in [0.15, 0.2) is 11.7 Å². The third-order valence-corrected chi connectivity index (χ3v) is 2.67. The summed E-state index contributed by atoms with van der Waals surface area (Å²) in [6.45, 7) is 5.21. The van der Waals surface area contributed by atoms with Gasteiger partial charge in [0.2, 0.25) is 0 Å². The molecule has 0 amide bonds. The molecule has 0 saturated carbocycles. The average molecular weight is 246 g/mol. The molecule has 2 rings (SSSR count). The van der Waals surface area contributed by atoms with Gasteiger partial charge in [0.25, 0.3) is 0 Å². The fourth-order valence-electron chi connectivity index (χ4n) is 1.80. The quantitative estimate of drug-likeness (QED) is 0.880. The van der Waals surface area contributed by atoms with E-state index in [0.717, 1.165) is 22.6 Å². The number of hydrogen-bond donors (Lipinski definition) is 1. The van der Waals surface area contributed by atoms with Gasteiger partial charge < -0.3 is 14.9 Å². The largest absolute Gasteiger partial charge is 0.494 e. The maximum atomic E-state index is 5.63. The van der Waals surface area contributed by atoms with Crippen molar-refractivity contribution in [3.63, 3.8) is 0 Å². The first-order valence-corrected chi connectivity index (χ1v) is 6.13. The number of nitrogens with two attached hydrogens (primary N) is 1. The minimum atomic E-state index is 0.544. The first-order valence-electron chi connectivity index (χ1n) is 6.13. The first-order chi connectivity index (χ1) is 8.74. The first kappa shape index (κ1) is 12.6. The van der Waals surface area contributed by atoms with Crippen LogP contribution in [0, 0.1) is 6.92 Å². The van der Waals surface area contributed by atoms with E-state index in [1.807, 2.05) is 32.0 Å². The van der Waals surface area contributed by atoms with Gasteiger partial charge in [-0.2, -0.15) is 0 Å². The highest BCUT2D eigenvalue weighted by Crippen LogP contribution is 2.26. The third kappa shape index (κ3) is 2.71. The molecule has 2 N–H and O–H groups in total. The Kier molecular flexibility index (Phi) is 3.99. The second-order valence-electron chi connectivity index (χ2n) is 4.07. The molecule has 18 heavy (non-hydrogen) atoms. The van der Waals surface area contributed by atoms with Crippen LogP contribution in [-0.4, -0.2) is 18.1 Å². The SMILES string of the molecule is CCOc1ccc(-c2cnc(CCN)o2)cc1C. The lowest BCUT2D eigenvalue weighted by atomic mass is 10.1. The Hall–Kier alpha value is -1.81. The molecule has 0 spiro atoms. The molecule has 4 nitrogen and oxygen atoms in total. The van der Waals surface area contributed by atoms with Crippen molar-refractivity contribution in [1.82, 2.24) is 4.98 Å². The summed E-state index contributed by atoms with van der Waals surface area (Å²) >= 11 is 0. The number of benzene rings is 1. The van der Waals surface area contributed by atoms with Crippen LogP contribution in [-0.2, 0) is 6.42 Å². The molecule has 0 aliphatic heterocycles. The zero-order valence-electron chi connectivity index (χ0n) is 10.8. The van der Waals surface area contributed by atoms with Crippen LogP contribution in [0.25, 0.3) is 11.3 Å². The van der Waals surface area contributed by atoms with Crippen LogP contribution < -0.4 is 10.5 Å². The highest BCUT2D eigenvalue weighted by Gasteiger charge is 2.08. The predicted molar refractivity (Wildman–Crippen MR) is 70.6 cm³/mol. The fourth-order valence-corrected chi connectivity index (χ4v) is 1.80. The number of aromatic nitrogens is 1. The van der Waals surface area contributed by atoms with Gasteiger partial charge in [-0.3, -0.25) is 0 Å². The minimum absolute atomic E-state index is 0.544. The molecule has 1 heterocycles. The van der Waals surface area contributed by atoms with Crippen LogP contribution in [0.2, 0.25) is 0 Å². The van der Waals surface area contributed by atoms with Crippen LogP contribution in [0.5, 0.6) is 5.75 Å². The number of oxazole rings is 1. The number of hydrogen-bond acceptors (Lipinski definition) is 4. The highest BCUT2D eigenvalue weighted by atomic mass is 16.5. The molecule has 1 aromatic heterocycles. The maximum absolute atomic E-state index is 5.63. The van der Waals surface area contributed by atoms with Crippen molar-refractivity contribution in [3.8, 4) is 17.1 Å². The molecule has 96 valence electrons. The van der Waals surface area contributed by atoms with Gasteiger partial charge in [-0.25, -0.2) is 4.98 Å². The van der Waals surface area contributed by atoms with Crippen molar-refractivity contribution in [2.45, 2.75) is 20.3 Å². The molecular formula is C14H18N2O2. The van der Waals surface area contributed by atoms with Crippen LogP contribution in [0.1, 0.15) is 18.4 Å². The lowest BCUT2D eigenvalue weighted by Crippen LogP contribution is -2.02. The molecule has 0 bridgehead atoms. The smallest absolute Gasteiger partial charge is 0.196 e. The Labute approximate surface area is 107 Å². The number of rotatable bonds is 5. The minimum Gasteiger partial charge on any atom is -0.494 e. The fraction of sp³-hybridized carbons (Fsp3) is 0.357. The molecule has 0 radical (unpaired) electrons. The van der Waals surface area contributed by atoms with Gasteiger partial charge in [-0.05, 0) is 37.6 Å². The Balaban J connectivity index is 2.24. The van der Waals surface area contributed by atoms with Crippen LogP contribution >= 0.6 is 0 Å². The molecule has 0 atom stereocenters. The van der Waals surface area contributed by atoms with E-state index in [-0.39, 0.29) is 0 Å². The van der Waals surface area contributed by atoms with Crippen LogP contribution in [0.3, 0.4) is 0 Å². The molecule has 0 unspecified atom stereocenters. The van der Waals surface area contributed by atoms with E-state index in [9.17, 15) is 0 Å². The number of nitrogens with zero attached hydrogens (tertiary/aromatic N) is 1. The number of aryl methyl sites for hydroxylation is 1. The second-order valence-corrected chi connectivity index (χ2v) is 4.07. The van der Waals surface area contributed by atoms with Crippen molar-refractivity contribution in [2.75, 3.05) is 13.2 Å². The molecule has 0 fully saturated rings. The van der Waals surface area contributed by atoms with Crippen molar-refractivity contribution >= 4 is 0 Å². The van der Waals surface area contributed by atoms with Gasteiger partial charge in [0.05, 0.1) is 12.8 Å². The zero-order valence-corrected chi connectivity index (χ0v) is 10.8. The molecular weight excluding hydrogens is 228 g/mol. The Bertz CT molecular complexity index is 520. The van der Waals surface area contributed by atoms with Crippen molar-refractivity contribution in [1.29, 1.82) is 0 Å². The molecule has 0 aliphatic carbocycles. The average Bonchev–Trinajstić information content (AvgIpc) is 2.81. The summed E-state index contributed by atoms with van der Waals surface area (Å²) in [4.78, 5) is 4.19. The molecule has 1 aromatic carbocycles. The Morgan fingerprint density at radius 1 is 1.39 bits per heavy atom. The predicted octanol–water partition coefficient (Wildman–Crippen LogP) is 2.55. The normalized spacial score (nSPS) is 10.6. The highest BCUT2D eigenvalue weighted by molar-refractivity contribution is 5.59. The third-order valence-electron chi connectivity index (χ3n) is 2.67. The topological polar surface area (TPSA) is 61.3 Å². The van der Waals surface area contributed by atoms with E-state index >= 15 is 0 Å². The van der Waals surface area contributed by atoms with E-state index in [4.69, 9.17) is 14.9 Å². The van der Waals surface area contributed by atoms with E-state index in [1.54, 1.807) is 6.20 Å². The van der Waals surface area contributed by atoms with Gasteiger partial charge in [-0.1, -0.05) is 0 Å². The molecule has 0 saturated heterocycles. The van der Waals surface area contributed by atoms with E-state index in [2.05, 4.69) is 4.98 Å². The summed E-state index contributed by atoms with van der Waals surface area (Å²) in [5, 5.41) is 0. The molecule has 0 aliphatic rings. The van der Waals surface area contributed by atoms with Gasteiger partial charge in [-0.15, -0.1) is 0 Å². The van der Waals surface area contributed by atoms with Crippen molar-refractivity contribution in [3.05, 3.63) is 35.9 Å². The summed E-state index contributed by atoms with van der Waals surface area (Å²) in [5.41, 5.74) is 7.56. The maximum Gasteiger partial charge on any atom is 0.196 e. The monoisotopic (exact) mass is 246 g/mol. The summed E-state index contributed by atoms with van der Waals surface area (Å²) in [6, 6.07) is 5.97. The van der Waals surface area contributed by atoms with E-state index in [0.29, 0.717) is 25.5 Å². The Morgan fingerprint density at radius 2 is 2.22 bits per heavy atom. The molecule has 2 aromatic rings. The standard InChI is InChI=1S/C14H18N2O2/c1-3-17-12-5-4-11(8-10(12)2)13-9-16-14(18-13)6-7-15/h4-5,8-9H,3,6-7,15H2,1-2H3. The summed E-state index contributed by atoms with van der Waals surface area (Å²) in [6.07, 6.45) is 2.40. The summed E-state index contributed by atoms with van der Waals surface area (Å²) in [7, 11) is 0. The van der Waals surface area contributed by atoms with Gasteiger partial charge >= 0.3 is 0 Å². The van der Waals surface area contributed by atoms with Crippen LogP contribution in [0.4, 0.5) is 0 Å². The van der Waals surface area contributed by atoms with Gasteiger partial charge in [0.1, 0.15) is 5.75 Å². The van der Waals surface area contributed by atoms with E-state index in [1.165, 1.54) is 0 Å². The second kappa shape index (κ2) is 5.69. The van der Waals surface area contributed by atoms with Crippen LogP contribution in [0.15, 0.2) is 28.8 Å². The van der Waals surface area contributed by atoms with E-state index < -0.39 is 0 Å². The Morgan fingerprint density at radius 3 is 2.89 bits per heavy atom. The lowest BCUT2D eigenvalue weighted by Gasteiger charge is -2.07. The van der Waals surface area contributed by atoms with Gasteiger partial charge in [0, 0.05) is 18.5 Å². The number of ether oxygens (including phenoxy) is 1. The molecule has 4 heteroatoms. The van der Waals surface area contributed by atoms with Crippen molar-refractivity contribution < 1.29 is 9.15 Å². The lowest BCUT2D eigenvalue weighted by molar-refractivity contribution is 0.338.